The van der Waals surface area contributed by atoms with Crippen molar-refractivity contribution in [2.45, 2.75) is 6.18 Å². The van der Waals surface area contributed by atoms with Crippen LogP contribution in [0.15, 0.2) is 27.4 Å². The molecule has 0 fully saturated rings. The summed E-state index contributed by atoms with van der Waals surface area (Å²) >= 11 is 2.94. The van der Waals surface area contributed by atoms with E-state index < -0.39 is 11.7 Å². The average molecular weight is 266 g/mol. The highest BCUT2D eigenvalue weighted by atomic mass is 79.9. The molecular weight excluding hydrogens is 263 g/mol. The second kappa shape index (κ2) is 2.98. The van der Waals surface area contributed by atoms with Crippen molar-refractivity contribution in [1.82, 2.24) is 4.98 Å². The largest absolute Gasteiger partial charge is 0.431 e. The Bertz CT molecular complexity index is 477. The molecule has 14 heavy (non-hydrogen) atoms. The molecule has 0 aliphatic rings. The zero-order chi connectivity index (χ0) is 10.3. The highest BCUT2D eigenvalue weighted by Crippen LogP contribution is 2.31. The van der Waals surface area contributed by atoms with E-state index in [2.05, 4.69) is 20.9 Å². The van der Waals surface area contributed by atoms with Gasteiger partial charge in [0, 0.05) is 15.9 Å². The van der Waals surface area contributed by atoms with Gasteiger partial charge in [-0.05, 0) is 18.2 Å². The van der Waals surface area contributed by atoms with E-state index in [0.717, 1.165) is 12.1 Å². The second-order valence-electron chi connectivity index (χ2n) is 2.65. The molecule has 2 nitrogen and oxygen atoms in total. The van der Waals surface area contributed by atoms with Crippen LogP contribution in [0.1, 0.15) is 5.56 Å². The minimum absolute atomic E-state index is 0.117. The van der Waals surface area contributed by atoms with E-state index in [-0.39, 0.29) is 10.4 Å². The molecule has 0 N–H and O–H groups in total. The molecule has 0 aliphatic heterocycles. The topological polar surface area (TPSA) is 26.0 Å². The van der Waals surface area contributed by atoms with Crippen molar-refractivity contribution in [1.29, 1.82) is 0 Å². The fourth-order valence-corrected chi connectivity index (χ4v) is 1.44. The Morgan fingerprint density at radius 2 is 2.00 bits per heavy atom. The summed E-state index contributed by atoms with van der Waals surface area (Å²) in [6, 6.07) is 3.16. The van der Waals surface area contributed by atoms with E-state index in [0.29, 0.717) is 5.52 Å². The van der Waals surface area contributed by atoms with Gasteiger partial charge in [-0.2, -0.15) is 13.2 Å². The fourth-order valence-electron chi connectivity index (χ4n) is 1.07. The van der Waals surface area contributed by atoms with Gasteiger partial charge in [0.25, 0.3) is 4.80 Å². The van der Waals surface area contributed by atoms with Crippen LogP contribution in [0.3, 0.4) is 0 Å². The molecule has 0 atom stereocenters. The molecule has 0 saturated heterocycles. The van der Waals surface area contributed by atoms with E-state index >= 15 is 0 Å². The molecular formula is C8H3BrF3NO. The second-order valence-corrected chi connectivity index (χ2v) is 3.33. The molecule has 0 spiro atoms. The number of halogens is 4. The smallest absolute Gasteiger partial charge is 0.416 e. The number of oxazole rings is 1. The monoisotopic (exact) mass is 265 g/mol. The van der Waals surface area contributed by atoms with Crippen molar-refractivity contribution >= 4 is 27.0 Å². The molecule has 0 aliphatic carbocycles. The van der Waals surface area contributed by atoms with Crippen LogP contribution in [0, 0.1) is 0 Å². The molecule has 1 aromatic heterocycles. The van der Waals surface area contributed by atoms with Crippen LogP contribution in [0.25, 0.3) is 11.1 Å². The lowest BCUT2D eigenvalue weighted by atomic mass is 10.2. The van der Waals surface area contributed by atoms with Gasteiger partial charge >= 0.3 is 6.18 Å². The summed E-state index contributed by atoms with van der Waals surface area (Å²) < 4.78 is 41.7. The van der Waals surface area contributed by atoms with Gasteiger partial charge in [0.05, 0.1) is 5.56 Å². The number of rotatable bonds is 0. The maximum Gasteiger partial charge on any atom is 0.416 e. The first-order chi connectivity index (χ1) is 6.47. The normalized spacial score (nSPS) is 12.3. The van der Waals surface area contributed by atoms with Crippen molar-refractivity contribution in [3.63, 3.8) is 0 Å². The number of aromatic nitrogens is 1. The van der Waals surface area contributed by atoms with Crippen LogP contribution in [0.2, 0.25) is 0 Å². The molecule has 0 unspecified atom stereocenters. The van der Waals surface area contributed by atoms with Gasteiger partial charge in [0.15, 0.2) is 5.58 Å². The highest BCUT2D eigenvalue weighted by Gasteiger charge is 2.30. The Labute approximate surface area is 84.9 Å². The lowest BCUT2D eigenvalue weighted by Gasteiger charge is -2.04. The number of nitrogens with zero attached hydrogens (tertiary/aromatic N) is 1. The molecule has 1 heterocycles. The van der Waals surface area contributed by atoms with Gasteiger partial charge < -0.3 is 4.42 Å². The third kappa shape index (κ3) is 1.61. The molecule has 2 rings (SSSR count). The summed E-state index contributed by atoms with van der Waals surface area (Å²) in [5, 5.41) is 0. The number of hydrogen-bond acceptors (Lipinski definition) is 2. The van der Waals surface area contributed by atoms with E-state index in [1.54, 1.807) is 0 Å². The first kappa shape index (κ1) is 9.51. The van der Waals surface area contributed by atoms with Gasteiger partial charge in [0.1, 0.15) is 5.52 Å². The molecule has 0 radical (unpaired) electrons. The Morgan fingerprint density at radius 3 is 2.64 bits per heavy atom. The van der Waals surface area contributed by atoms with Crippen LogP contribution >= 0.6 is 15.9 Å². The summed E-state index contributed by atoms with van der Waals surface area (Å²) in [5.74, 6) is 0. The van der Waals surface area contributed by atoms with Crippen LogP contribution in [-0.4, -0.2) is 4.98 Å². The predicted molar refractivity (Wildman–Crippen MR) is 46.7 cm³/mol. The fraction of sp³-hybridized carbons (Fsp3) is 0.125. The molecule has 0 bridgehead atoms. The van der Waals surface area contributed by atoms with Gasteiger partial charge in [-0.1, -0.05) is 0 Å². The standard InChI is InChI=1S/C8H3BrF3NO/c9-7-13-5-2-1-4(8(10,11)12)3-6(5)14-7/h1-3H. The number of benzene rings is 1. The Morgan fingerprint density at radius 1 is 1.29 bits per heavy atom. The molecule has 74 valence electrons. The average Bonchev–Trinajstić information content (AvgIpc) is 2.41. The summed E-state index contributed by atoms with van der Waals surface area (Å²) in [5.41, 5.74) is -0.231. The third-order valence-corrected chi connectivity index (χ3v) is 2.03. The van der Waals surface area contributed by atoms with Crippen molar-refractivity contribution < 1.29 is 17.6 Å². The third-order valence-electron chi connectivity index (χ3n) is 1.69. The van der Waals surface area contributed by atoms with E-state index in [4.69, 9.17) is 4.42 Å². The first-order valence-corrected chi connectivity index (χ1v) is 4.39. The lowest BCUT2D eigenvalue weighted by molar-refractivity contribution is -0.137. The minimum atomic E-state index is -4.35. The number of alkyl halides is 3. The van der Waals surface area contributed by atoms with Gasteiger partial charge in [0.2, 0.25) is 0 Å². The zero-order valence-electron chi connectivity index (χ0n) is 6.60. The molecule has 6 heteroatoms. The van der Waals surface area contributed by atoms with Crippen molar-refractivity contribution in [3.8, 4) is 0 Å². The van der Waals surface area contributed by atoms with Gasteiger partial charge in [-0.25, -0.2) is 4.98 Å². The molecule has 0 saturated carbocycles. The Kier molecular flexibility index (Phi) is 2.02. The van der Waals surface area contributed by atoms with Gasteiger partial charge in [-0.3, -0.25) is 0 Å². The van der Waals surface area contributed by atoms with Crippen LogP contribution in [-0.2, 0) is 6.18 Å². The zero-order valence-corrected chi connectivity index (χ0v) is 8.19. The molecule has 0 amide bonds. The van der Waals surface area contributed by atoms with Crippen molar-refractivity contribution in [2.24, 2.45) is 0 Å². The van der Waals surface area contributed by atoms with E-state index in [9.17, 15) is 13.2 Å². The van der Waals surface area contributed by atoms with Crippen LogP contribution in [0.5, 0.6) is 0 Å². The quantitative estimate of drug-likeness (QED) is 0.728. The van der Waals surface area contributed by atoms with Crippen molar-refractivity contribution in [3.05, 3.63) is 28.6 Å². The SMILES string of the molecule is FC(F)(F)c1ccc2nc(Br)oc2c1. The summed E-state index contributed by atoms with van der Waals surface area (Å²) in [7, 11) is 0. The number of hydrogen-bond donors (Lipinski definition) is 0. The number of fused-ring (bicyclic) bond motifs is 1. The Hall–Kier alpha value is -1.04. The summed E-state index contributed by atoms with van der Waals surface area (Å²) in [6.45, 7) is 0. The maximum absolute atomic E-state index is 12.2. The van der Waals surface area contributed by atoms with Crippen LogP contribution in [0.4, 0.5) is 13.2 Å². The molecule has 1 aromatic carbocycles. The van der Waals surface area contributed by atoms with E-state index in [1.807, 2.05) is 0 Å². The predicted octanol–water partition coefficient (Wildman–Crippen LogP) is 3.61. The van der Waals surface area contributed by atoms with Crippen molar-refractivity contribution in [2.75, 3.05) is 0 Å². The van der Waals surface area contributed by atoms with E-state index in [1.165, 1.54) is 6.07 Å². The maximum atomic E-state index is 12.2. The summed E-state index contributed by atoms with van der Waals surface area (Å²) in [6.07, 6.45) is -4.35. The lowest BCUT2D eigenvalue weighted by Crippen LogP contribution is -2.03. The van der Waals surface area contributed by atoms with Gasteiger partial charge in [-0.15, -0.1) is 0 Å². The Balaban J connectivity index is 2.62. The highest BCUT2D eigenvalue weighted by molar-refractivity contribution is 9.10. The van der Waals surface area contributed by atoms with Crippen LogP contribution < -0.4 is 0 Å². The summed E-state index contributed by atoms with van der Waals surface area (Å²) in [4.78, 5) is 3.99. The first-order valence-electron chi connectivity index (χ1n) is 3.60. The molecule has 2 aromatic rings. The minimum Gasteiger partial charge on any atom is -0.431 e.